The Morgan fingerprint density at radius 1 is 1.75 bits per heavy atom. The van der Waals surface area contributed by atoms with Gasteiger partial charge in [0.1, 0.15) is 5.84 Å². The van der Waals surface area contributed by atoms with E-state index in [4.69, 9.17) is 11.0 Å². The third kappa shape index (κ3) is 2.19. The Kier molecular flexibility index (Phi) is 2.63. The Morgan fingerprint density at radius 3 is 2.38 bits per heavy atom. The zero-order valence-corrected chi connectivity index (χ0v) is 5.05. The zero-order chi connectivity index (χ0) is 6.57. The minimum Gasteiger partial charge on any atom is -0.386 e. The van der Waals surface area contributed by atoms with Crippen molar-refractivity contribution >= 4 is 5.84 Å². The van der Waals surface area contributed by atoms with Gasteiger partial charge in [0.05, 0.1) is 0 Å². The summed E-state index contributed by atoms with van der Waals surface area (Å²) in [6.07, 6.45) is 1.61. The summed E-state index contributed by atoms with van der Waals surface area (Å²) in [5.74, 6) is 0.571. The maximum absolute atomic E-state index is 7.97. The van der Waals surface area contributed by atoms with Crippen LogP contribution in [0, 0.1) is 17.4 Å². The standard InChI is InChI=1S/C5H9N3/c1-4(2)5(7)8-3-6/h4H,1-2H3,(H2,7,8). The first-order valence-corrected chi connectivity index (χ1v) is 2.40. The number of nitrogens with two attached hydrogens (primary N) is 1. The Morgan fingerprint density at radius 2 is 2.25 bits per heavy atom. The molecule has 0 aromatic heterocycles. The van der Waals surface area contributed by atoms with Gasteiger partial charge < -0.3 is 5.73 Å². The summed E-state index contributed by atoms with van der Waals surface area (Å²) in [4.78, 5) is 3.32. The van der Waals surface area contributed by atoms with E-state index in [0.717, 1.165) is 0 Å². The lowest BCUT2D eigenvalue weighted by Gasteiger charge is -1.97. The molecular weight excluding hydrogens is 102 g/mol. The highest BCUT2D eigenvalue weighted by atomic mass is 14.8. The van der Waals surface area contributed by atoms with E-state index in [2.05, 4.69) is 4.99 Å². The summed E-state index contributed by atoms with van der Waals surface area (Å²) in [5.41, 5.74) is 5.25. The molecule has 0 fully saturated rings. The molecule has 3 heteroatoms. The topological polar surface area (TPSA) is 62.2 Å². The molecule has 0 radical (unpaired) electrons. The molecule has 2 N–H and O–H groups in total. The number of nitriles is 1. The fourth-order valence-corrected chi connectivity index (χ4v) is 0.187. The van der Waals surface area contributed by atoms with Crippen molar-refractivity contribution in [3.63, 3.8) is 0 Å². The van der Waals surface area contributed by atoms with Gasteiger partial charge in [-0.25, -0.2) is 0 Å². The van der Waals surface area contributed by atoms with E-state index in [0.29, 0.717) is 5.84 Å². The van der Waals surface area contributed by atoms with Gasteiger partial charge in [-0.15, -0.1) is 0 Å². The highest BCUT2D eigenvalue weighted by Crippen LogP contribution is 1.89. The predicted octanol–water partition coefficient (Wildman–Crippen LogP) is 0.481. The normalized spacial score (nSPS) is 11.5. The quantitative estimate of drug-likeness (QED) is 0.304. The molecule has 0 spiro atoms. The van der Waals surface area contributed by atoms with Crippen LogP contribution in [0.25, 0.3) is 0 Å². The number of amidine groups is 1. The summed E-state index contributed by atoms with van der Waals surface area (Å²) in [6.45, 7) is 3.77. The molecule has 0 saturated carbocycles. The lowest BCUT2D eigenvalue weighted by molar-refractivity contribution is 0.873. The van der Waals surface area contributed by atoms with E-state index in [9.17, 15) is 0 Å². The molecule has 8 heavy (non-hydrogen) atoms. The van der Waals surface area contributed by atoms with Crippen LogP contribution in [0.1, 0.15) is 13.8 Å². The predicted molar refractivity (Wildman–Crippen MR) is 32.1 cm³/mol. The van der Waals surface area contributed by atoms with Gasteiger partial charge in [0, 0.05) is 5.92 Å². The maximum Gasteiger partial charge on any atom is 0.207 e. The van der Waals surface area contributed by atoms with Gasteiger partial charge >= 0.3 is 0 Å². The lowest BCUT2D eigenvalue weighted by atomic mass is 10.2. The van der Waals surface area contributed by atoms with Gasteiger partial charge in [0.15, 0.2) is 0 Å². The first kappa shape index (κ1) is 6.96. The highest BCUT2D eigenvalue weighted by molar-refractivity contribution is 5.82. The van der Waals surface area contributed by atoms with E-state index in [1.165, 1.54) is 0 Å². The fourth-order valence-electron chi connectivity index (χ4n) is 0.187. The highest BCUT2D eigenvalue weighted by Gasteiger charge is 1.95. The van der Waals surface area contributed by atoms with Crippen LogP contribution < -0.4 is 5.73 Å². The summed E-state index contributed by atoms with van der Waals surface area (Å²) >= 11 is 0. The van der Waals surface area contributed by atoms with E-state index in [-0.39, 0.29) is 5.92 Å². The third-order valence-corrected chi connectivity index (χ3v) is 0.771. The second-order valence-corrected chi connectivity index (χ2v) is 1.79. The van der Waals surface area contributed by atoms with E-state index >= 15 is 0 Å². The van der Waals surface area contributed by atoms with Crippen molar-refractivity contribution < 1.29 is 0 Å². The molecule has 0 aromatic carbocycles. The zero-order valence-electron chi connectivity index (χ0n) is 5.05. The van der Waals surface area contributed by atoms with Gasteiger partial charge in [-0.1, -0.05) is 13.8 Å². The molecule has 0 amide bonds. The van der Waals surface area contributed by atoms with Gasteiger partial charge in [0.2, 0.25) is 6.19 Å². The van der Waals surface area contributed by atoms with Crippen molar-refractivity contribution in [2.45, 2.75) is 13.8 Å². The lowest BCUT2D eigenvalue weighted by Crippen LogP contribution is -2.17. The smallest absolute Gasteiger partial charge is 0.207 e. The fraction of sp³-hybridized carbons (Fsp3) is 0.600. The van der Waals surface area contributed by atoms with Gasteiger partial charge in [-0.2, -0.15) is 10.3 Å². The van der Waals surface area contributed by atoms with Crippen LogP contribution in [0.5, 0.6) is 0 Å². The molecule has 44 valence electrons. The molecule has 0 aliphatic heterocycles. The summed E-state index contributed by atoms with van der Waals surface area (Å²) in [5, 5.41) is 7.97. The van der Waals surface area contributed by atoms with Crippen molar-refractivity contribution in [3.8, 4) is 6.19 Å². The third-order valence-electron chi connectivity index (χ3n) is 0.771. The van der Waals surface area contributed by atoms with Crippen LogP contribution in [0.3, 0.4) is 0 Å². The van der Waals surface area contributed by atoms with Crippen LogP contribution in [0.2, 0.25) is 0 Å². The van der Waals surface area contributed by atoms with E-state index in [1.54, 1.807) is 6.19 Å². The van der Waals surface area contributed by atoms with Crippen LogP contribution in [-0.4, -0.2) is 5.84 Å². The Balaban J connectivity index is 3.85. The second kappa shape index (κ2) is 3.03. The molecule has 0 atom stereocenters. The number of nitrogens with zero attached hydrogens (tertiary/aromatic N) is 2. The van der Waals surface area contributed by atoms with Crippen molar-refractivity contribution in [3.05, 3.63) is 0 Å². The molecule has 0 aromatic rings. The van der Waals surface area contributed by atoms with Crippen molar-refractivity contribution in [2.24, 2.45) is 16.6 Å². The maximum atomic E-state index is 7.97. The Bertz CT molecular complexity index is 129. The summed E-state index contributed by atoms with van der Waals surface area (Å²) in [7, 11) is 0. The van der Waals surface area contributed by atoms with E-state index < -0.39 is 0 Å². The molecule has 0 heterocycles. The Labute approximate surface area is 48.8 Å². The monoisotopic (exact) mass is 111 g/mol. The molecule has 0 aliphatic carbocycles. The molecule has 3 nitrogen and oxygen atoms in total. The van der Waals surface area contributed by atoms with Crippen molar-refractivity contribution in [1.29, 1.82) is 5.26 Å². The van der Waals surface area contributed by atoms with Gasteiger partial charge in [0.25, 0.3) is 0 Å². The molecule has 0 rings (SSSR count). The average Bonchev–Trinajstić information content (AvgIpc) is 1.67. The number of hydrogen-bond acceptors (Lipinski definition) is 2. The van der Waals surface area contributed by atoms with Crippen molar-refractivity contribution in [2.75, 3.05) is 0 Å². The number of aliphatic imine (C=N–C) groups is 1. The molecule has 0 unspecified atom stereocenters. The second-order valence-electron chi connectivity index (χ2n) is 1.79. The Hall–Kier alpha value is -1.04. The van der Waals surface area contributed by atoms with E-state index in [1.807, 2.05) is 13.8 Å². The van der Waals surface area contributed by atoms with Crippen molar-refractivity contribution in [1.82, 2.24) is 0 Å². The van der Waals surface area contributed by atoms with Gasteiger partial charge in [-0.3, -0.25) is 0 Å². The van der Waals surface area contributed by atoms with Crippen LogP contribution in [-0.2, 0) is 0 Å². The SMILES string of the molecule is CC(C)/C(N)=N\C#N. The molecular formula is C5H9N3. The molecule has 0 bridgehead atoms. The first-order valence-electron chi connectivity index (χ1n) is 2.40. The van der Waals surface area contributed by atoms with Crippen LogP contribution >= 0.6 is 0 Å². The van der Waals surface area contributed by atoms with Crippen LogP contribution in [0.15, 0.2) is 4.99 Å². The summed E-state index contributed by atoms with van der Waals surface area (Å²) < 4.78 is 0. The number of rotatable bonds is 1. The average molecular weight is 111 g/mol. The minimum absolute atomic E-state index is 0.176. The van der Waals surface area contributed by atoms with Crippen LogP contribution in [0.4, 0.5) is 0 Å². The molecule has 0 saturated heterocycles. The number of hydrogen-bond donors (Lipinski definition) is 1. The minimum atomic E-state index is 0.176. The molecule has 0 aliphatic rings. The summed E-state index contributed by atoms with van der Waals surface area (Å²) in [6, 6.07) is 0. The largest absolute Gasteiger partial charge is 0.386 e. The van der Waals surface area contributed by atoms with Gasteiger partial charge in [-0.05, 0) is 0 Å². The first-order chi connectivity index (χ1) is 3.68.